The van der Waals surface area contributed by atoms with E-state index in [4.69, 9.17) is 19.2 Å². The van der Waals surface area contributed by atoms with Crippen molar-refractivity contribution < 1.29 is 14.2 Å². The van der Waals surface area contributed by atoms with Gasteiger partial charge in [-0.3, -0.25) is 4.90 Å². The molecule has 2 aliphatic rings. The van der Waals surface area contributed by atoms with Crippen LogP contribution in [-0.4, -0.2) is 76.1 Å². The summed E-state index contributed by atoms with van der Waals surface area (Å²) in [6, 6.07) is 6.35. The quantitative estimate of drug-likeness (QED) is 0.426. The average molecular weight is 447 g/mol. The molecule has 0 amide bonds. The molecule has 0 aliphatic carbocycles. The highest BCUT2D eigenvalue weighted by Crippen LogP contribution is 2.23. The molecule has 3 rings (SSSR count). The van der Waals surface area contributed by atoms with Gasteiger partial charge in [0.05, 0.1) is 32.5 Å². The summed E-state index contributed by atoms with van der Waals surface area (Å²) in [6.45, 7) is 17.1. The summed E-state index contributed by atoms with van der Waals surface area (Å²) in [7, 11) is 0. The number of hydrogen-bond donors (Lipinski definition) is 2. The van der Waals surface area contributed by atoms with Crippen LogP contribution in [0.2, 0.25) is 0 Å². The molecule has 2 N–H and O–H groups in total. The summed E-state index contributed by atoms with van der Waals surface area (Å²) in [5.74, 6) is 2.90. The Hall–Kier alpha value is -1.83. The summed E-state index contributed by atoms with van der Waals surface area (Å²) in [5, 5.41) is 6.83. The predicted molar refractivity (Wildman–Crippen MR) is 129 cm³/mol. The third-order valence-corrected chi connectivity index (χ3v) is 5.82. The van der Waals surface area contributed by atoms with E-state index in [0.717, 1.165) is 76.2 Å². The van der Waals surface area contributed by atoms with Crippen molar-refractivity contribution in [3.63, 3.8) is 0 Å². The van der Waals surface area contributed by atoms with Crippen LogP contribution >= 0.6 is 0 Å². The van der Waals surface area contributed by atoms with E-state index in [1.54, 1.807) is 0 Å². The van der Waals surface area contributed by atoms with E-state index in [1.807, 2.05) is 0 Å². The smallest absolute Gasteiger partial charge is 0.191 e. The van der Waals surface area contributed by atoms with Crippen LogP contribution in [0.15, 0.2) is 23.2 Å². The van der Waals surface area contributed by atoms with Gasteiger partial charge in [0.2, 0.25) is 0 Å². The summed E-state index contributed by atoms with van der Waals surface area (Å²) >= 11 is 0. The summed E-state index contributed by atoms with van der Waals surface area (Å²) < 4.78 is 17.6. The second kappa shape index (κ2) is 13.0. The molecule has 0 saturated carbocycles. The van der Waals surface area contributed by atoms with Crippen molar-refractivity contribution in [3.8, 4) is 5.75 Å². The zero-order valence-corrected chi connectivity index (χ0v) is 20.4. The van der Waals surface area contributed by atoms with Crippen molar-refractivity contribution >= 4 is 5.96 Å². The van der Waals surface area contributed by atoms with Gasteiger partial charge in [-0.1, -0.05) is 26.0 Å². The Bertz CT molecular complexity index is 719. The first-order valence-electron chi connectivity index (χ1n) is 12.2. The molecular weight excluding hydrogens is 404 g/mol. The van der Waals surface area contributed by atoms with Gasteiger partial charge in [-0.25, -0.2) is 4.99 Å². The highest BCUT2D eigenvalue weighted by Gasteiger charge is 2.21. The van der Waals surface area contributed by atoms with Crippen LogP contribution in [0, 0.1) is 18.8 Å². The van der Waals surface area contributed by atoms with Crippen LogP contribution in [0.25, 0.3) is 0 Å². The maximum Gasteiger partial charge on any atom is 0.191 e. The molecule has 0 spiro atoms. The maximum absolute atomic E-state index is 6.18. The molecule has 7 nitrogen and oxygen atoms in total. The van der Waals surface area contributed by atoms with E-state index >= 15 is 0 Å². The fourth-order valence-electron chi connectivity index (χ4n) is 4.15. The SMILES string of the molecule is CCNC(=NCc1ccc(C)cc1OCC1CCOC1)NCC1CN(CC(C)C)CCO1. The molecule has 2 unspecified atom stereocenters. The number of guanidine groups is 1. The van der Waals surface area contributed by atoms with Gasteiger partial charge in [0.1, 0.15) is 5.75 Å². The minimum atomic E-state index is 0.179. The topological polar surface area (TPSA) is 67.4 Å². The van der Waals surface area contributed by atoms with Crippen molar-refractivity contribution in [3.05, 3.63) is 29.3 Å². The number of benzene rings is 1. The van der Waals surface area contributed by atoms with E-state index in [9.17, 15) is 0 Å². The molecule has 180 valence electrons. The van der Waals surface area contributed by atoms with Crippen LogP contribution in [0.5, 0.6) is 5.75 Å². The van der Waals surface area contributed by atoms with Gasteiger partial charge in [0.15, 0.2) is 5.96 Å². The Kier molecular flexibility index (Phi) is 10.1. The molecule has 0 radical (unpaired) electrons. The predicted octanol–water partition coefficient (Wildman–Crippen LogP) is 2.82. The number of nitrogens with one attached hydrogen (secondary N) is 2. The van der Waals surface area contributed by atoms with Crippen LogP contribution in [0.3, 0.4) is 0 Å². The lowest BCUT2D eigenvalue weighted by molar-refractivity contribution is -0.0284. The Morgan fingerprint density at radius 3 is 2.91 bits per heavy atom. The first-order chi connectivity index (χ1) is 15.5. The largest absolute Gasteiger partial charge is 0.493 e. The third-order valence-electron chi connectivity index (χ3n) is 5.82. The van der Waals surface area contributed by atoms with Crippen LogP contribution in [0.4, 0.5) is 0 Å². The molecule has 2 atom stereocenters. The fraction of sp³-hybridized carbons (Fsp3) is 0.720. The molecule has 2 fully saturated rings. The van der Waals surface area contributed by atoms with Gasteiger partial charge in [0.25, 0.3) is 0 Å². The van der Waals surface area contributed by atoms with Gasteiger partial charge in [-0.2, -0.15) is 0 Å². The van der Waals surface area contributed by atoms with Crippen LogP contribution in [-0.2, 0) is 16.0 Å². The zero-order chi connectivity index (χ0) is 22.8. The molecular formula is C25H42N4O3. The lowest BCUT2D eigenvalue weighted by Crippen LogP contribution is -2.50. The molecule has 0 bridgehead atoms. The minimum Gasteiger partial charge on any atom is -0.493 e. The van der Waals surface area contributed by atoms with Crippen LogP contribution < -0.4 is 15.4 Å². The third kappa shape index (κ3) is 8.26. The van der Waals surface area contributed by atoms with E-state index in [1.165, 1.54) is 5.56 Å². The molecule has 32 heavy (non-hydrogen) atoms. The Labute approximate surface area is 193 Å². The normalized spacial score (nSPS) is 22.3. The number of aryl methyl sites for hydroxylation is 1. The summed E-state index contributed by atoms with van der Waals surface area (Å²) in [6.07, 6.45) is 1.25. The molecule has 7 heteroatoms. The van der Waals surface area contributed by atoms with Crippen molar-refractivity contribution in [1.29, 1.82) is 0 Å². The Balaban J connectivity index is 1.56. The number of hydrogen-bond acceptors (Lipinski definition) is 5. The highest BCUT2D eigenvalue weighted by atomic mass is 16.5. The van der Waals surface area contributed by atoms with E-state index in [-0.39, 0.29) is 6.10 Å². The first-order valence-corrected chi connectivity index (χ1v) is 12.2. The molecule has 1 aromatic rings. The summed E-state index contributed by atoms with van der Waals surface area (Å²) in [4.78, 5) is 7.32. The van der Waals surface area contributed by atoms with E-state index in [0.29, 0.717) is 25.0 Å². The standard InChI is InChI=1S/C25H42N4O3/c1-5-26-25(28-14-23-16-29(9-11-31-23)15-19(2)3)27-13-22-7-6-20(4)12-24(22)32-18-21-8-10-30-17-21/h6-7,12,19,21,23H,5,8-11,13-18H2,1-4H3,(H2,26,27,28). The average Bonchev–Trinajstić information content (AvgIpc) is 3.28. The Morgan fingerprint density at radius 1 is 1.28 bits per heavy atom. The van der Waals surface area contributed by atoms with Crippen molar-refractivity contribution in [2.45, 2.75) is 46.8 Å². The van der Waals surface area contributed by atoms with Crippen LogP contribution in [0.1, 0.15) is 38.3 Å². The second-order valence-electron chi connectivity index (χ2n) is 9.37. The molecule has 2 heterocycles. The first kappa shape index (κ1) is 24.8. The lowest BCUT2D eigenvalue weighted by atomic mass is 10.1. The van der Waals surface area contributed by atoms with Crippen molar-refractivity contribution in [2.75, 3.05) is 59.2 Å². The van der Waals surface area contributed by atoms with E-state index < -0.39 is 0 Å². The van der Waals surface area contributed by atoms with Gasteiger partial charge in [0, 0.05) is 50.8 Å². The number of ether oxygens (including phenoxy) is 3. The maximum atomic E-state index is 6.18. The summed E-state index contributed by atoms with van der Waals surface area (Å²) in [5.41, 5.74) is 2.30. The molecule has 2 saturated heterocycles. The van der Waals surface area contributed by atoms with Crippen molar-refractivity contribution in [1.82, 2.24) is 15.5 Å². The highest BCUT2D eigenvalue weighted by molar-refractivity contribution is 5.79. The van der Waals surface area contributed by atoms with Gasteiger partial charge >= 0.3 is 0 Å². The van der Waals surface area contributed by atoms with Gasteiger partial charge < -0.3 is 24.8 Å². The lowest BCUT2D eigenvalue weighted by Gasteiger charge is -2.34. The number of rotatable bonds is 10. The van der Waals surface area contributed by atoms with Gasteiger partial charge in [-0.15, -0.1) is 0 Å². The minimum absolute atomic E-state index is 0.179. The Morgan fingerprint density at radius 2 is 2.16 bits per heavy atom. The monoisotopic (exact) mass is 446 g/mol. The molecule has 0 aromatic heterocycles. The zero-order valence-electron chi connectivity index (χ0n) is 20.4. The fourth-order valence-corrected chi connectivity index (χ4v) is 4.15. The molecule has 1 aromatic carbocycles. The second-order valence-corrected chi connectivity index (χ2v) is 9.37. The number of nitrogens with zero attached hydrogens (tertiary/aromatic N) is 2. The van der Waals surface area contributed by atoms with Crippen molar-refractivity contribution in [2.24, 2.45) is 16.8 Å². The number of aliphatic imine (C=N–C) groups is 1. The van der Waals surface area contributed by atoms with E-state index in [2.05, 4.69) is 61.4 Å². The van der Waals surface area contributed by atoms with Gasteiger partial charge in [-0.05, 0) is 37.8 Å². The molecule has 2 aliphatic heterocycles. The number of morpholine rings is 1.